The van der Waals surface area contributed by atoms with Gasteiger partial charge >= 0.3 is 5.97 Å². The summed E-state index contributed by atoms with van der Waals surface area (Å²) in [5, 5.41) is 10.2. The zero-order valence-corrected chi connectivity index (χ0v) is 10.5. The lowest BCUT2D eigenvalue weighted by atomic mass is 10.1. The van der Waals surface area contributed by atoms with Gasteiger partial charge in [-0.1, -0.05) is 30.3 Å². The van der Waals surface area contributed by atoms with E-state index in [1.807, 2.05) is 0 Å². The van der Waals surface area contributed by atoms with Gasteiger partial charge in [-0.25, -0.2) is 4.79 Å². The topological polar surface area (TPSA) is 66.4 Å². The third kappa shape index (κ3) is 3.94. The molecule has 0 bridgehead atoms. The molecule has 1 unspecified atom stereocenters. The van der Waals surface area contributed by atoms with Crippen LogP contribution in [-0.2, 0) is 9.59 Å². The highest BCUT2D eigenvalue weighted by Crippen LogP contribution is 2.20. The molecule has 2 N–H and O–H groups in total. The van der Waals surface area contributed by atoms with Crippen LogP contribution in [0.25, 0.3) is 0 Å². The van der Waals surface area contributed by atoms with E-state index in [1.165, 1.54) is 0 Å². The Balaban J connectivity index is 2.68. The molecule has 0 aliphatic carbocycles. The van der Waals surface area contributed by atoms with Crippen LogP contribution in [-0.4, -0.2) is 28.8 Å². The van der Waals surface area contributed by atoms with Gasteiger partial charge in [-0.05, 0) is 5.56 Å². The first-order valence-electron chi connectivity index (χ1n) is 4.89. The number of rotatable bonds is 5. The molecule has 6 heteroatoms. The Morgan fingerprint density at radius 1 is 1.35 bits per heavy atom. The average molecular weight is 274 g/mol. The number of alkyl halides is 1. The van der Waals surface area contributed by atoms with Crippen LogP contribution in [0, 0.1) is 0 Å². The van der Waals surface area contributed by atoms with E-state index in [2.05, 4.69) is 17.9 Å². The molecule has 0 fully saturated rings. The lowest BCUT2D eigenvalue weighted by Gasteiger charge is -2.15. The highest BCUT2D eigenvalue weighted by molar-refractivity contribution is 7.80. The molecular formula is C11H12ClNO3S. The molecule has 0 aliphatic heterocycles. The molecule has 0 heterocycles. The molecule has 1 aromatic carbocycles. The van der Waals surface area contributed by atoms with E-state index in [0.29, 0.717) is 5.56 Å². The number of carbonyl (C=O) groups excluding carboxylic acids is 1. The van der Waals surface area contributed by atoms with Crippen molar-refractivity contribution >= 4 is 36.1 Å². The van der Waals surface area contributed by atoms with Gasteiger partial charge in [0, 0.05) is 5.75 Å². The van der Waals surface area contributed by atoms with Crippen LogP contribution in [0.5, 0.6) is 0 Å². The van der Waals surface area contributed by atoms with E-state index in [9.17, 15) is 9.59 Å². The molecule has 1 rings (SSSR count). The van der Waals surface area contributed by atoms with Crippen molar-refractivity contribution < 1.29 is 14.7 Å². The quantitative estimate of drug-likeness (QED) is 0.562. The summed E-state index contributed by atoms with van der Waals surface area (Å²) in [6.45, 7) is 0. The Kier molecular flexibility index (Phi) is 5.31. The lowest BCUT2D eigenvalue weighted by molar-refractivity contribution is -0.141. The average Bonchev–Trinajstić information content (AvgIpc) is 2.35. The maximum absolute atomic E-state index is 11.7. The van der Waals surface area contributed by atoms with Gasteiger partial charge in [0.15, 0.2) is 0 Å². The molecule has 0 aliphatic rings. The van der Waals surface area contributed by atoms with Crippen LogP contribution in [0.1, 0.15) is 10.9 Å². The van der Waals surface area contributed by atoms with Crippen LogP contribution in [0.2, 0.25) is 0 Å². The largest absolute Gasteiger partial charge is 0.480 e. The number of carboxylic acid groups (broad SMARTS) is 1. The fourth-order valence-corrected chi connectivity index (χ4v) is 1.66. The minimum Gasteiger partial charge on any atom is -0.480 e. The summed E-state index contributed by atoms with van der Waals surface area (Å²) in [7, 11) is 0. The number of benzene rings is 1. The lowest BCUT2D eigenvalue weighted by Crippen LogP contribution is -2.43. The molecule has 0 radical (unpaired) electrons. The second-order valence-electron chi connectivity index (χ2n) is 3.36. The molecule has 1 amide bonds. The third-order valence-electron chi connectivity index (χ3n) is 2.12. The van der Waals surface area contributed by atoms with Gasteiger partial charge in [0.2, 0.25) is 5.91 Å². The van der Waals surface area contributed by atoms with E-state index in [-0.39, 0.29) is 5.75 Å². The Morgan fingerprint density at radius 3 is 2.41 bits per heavy atom. The van der Waals surface area contributed by atoms with Crippen molar-refractivity contribution in [3.05, 3.63) is 35.9 Å². The normalized spacial score (nSPS) is 13.8. The second kappa shape index (κ2) is 6.51. The van der Waals surface area contributed by atoms with Gasteiger partial charge in [0.05, 0.1) is 0 Å². The maximum atomic E-state index is 11.7. The number of amides is 1. The van der Waals surface area contributed by atoms with E-state index >= 15 is 0 Å². The number of nitrogens with one attached hydrogen (secondary N) is 1. The Labute approximate surface area is 109 Å². The highest BCUT2D eigenvalue weighted by atomic mass is 35.5. The molecule has 0 aromatic heterocycles. The SMILES string of the molecule is O=C(N[C@@H](CS)C(=O)O)C(Cl)c1ccccc1. The molecule has 4 nitrogen and oxygen atoms in total. The van der Waals surface area contributed by atoms with Crippen molar-refractivity contribution in [2.45, 2.75) is 11.4 Å². The zero-order valence-electron chi connectivity index (χ0n) is 8.84. The number of hydrogen-bond donors (Lipinski definition) is 3. The van der Waals surface area contributed by atoms with Crippen molar-refractivity contribution in [2.24, 2.45) is 0 Å². The monoisotopic (exact) mass is 273 g/mol. The molecule has 92 valence electrons. The molecule has 0 spiro atoms. The van der Waals surface area contributed by atoms with E-state index < -0.39 is 23.3 Å². The van der Waals surface area contributed by atoms with E-state index in [0.717, 1.165) is 0 Å². The van der Waals surface area contributed by atoms with Crippen LogP contribution >= 0.6 is 24.2 Å². The van der Waals surface area contributed by atoms with Gasteiger partial charge < -0.3 is 10.4 Å². The van der Waals surface area contributed by atoms with Crippen molar-refractivity contribution in [3.63, 3.8) is 0 Å². The summed E-state index contributed by atoms with van der Waals surface area (Å²) in [4.78, 5) is 22.4. The molecule has 0 saturated carbocycles. The highest BCUT2D eigenvalue weighted by Gasteiger charge is 2.23. The number of carbonyl (C=O) groups is 2. The number of aliphatic carboxylic acids is 1. The summed E-state index contributed by atoms with van der Waals surface area (Å²) in [5.74, 6) is -1.66. The number of carboxylic acids is 1. The summed E-state index contributed by atoms with van der Waals surface area (Å²) in [6, 6.07) is 7.69. The Morgan fingerprint density at radius 2 is 1.94 bits per heavy atom. The van der Waals surface area contributed by atoms with Crippen LogP contribution in [0.15, 0.2) is 30.3 Å². The molecule has 1 aromatic rings. The summed E-state index contributed by atoms with van der Waals surface area (Å²) in [5.41, 5.74) is 0.620. The smallest absolute Gasteiger partial charge is 0.327 e. The zero-order chi connectivity index (χ0) is 12.8. The fourth-order valence-electron chi connectivity index (χ4n) is 1.20. The summed E-state index contributed by atoms with van der Waals surface area (Å²) >= 11 is 9.78. The number of thiol groups is 1. The predicted octanol–water partition coefficient (Wildman–Crippen LogP) is 1.47. The van der Waals surface area contributed by atoms with Gasteiger partial charge in [0.25, 0.3) is 0 Å². The first kappa shape index (κ1) is 13.9. The minimum absolute atomic E-state index is 0.0134. The Bertz CT molecular complexity index is 399. The summed E-state index contributed by atoms with van der Waals surface area (Å²) in [6.07, 6.45) is 0. The molecule has 2 atom stereocenters. The van der Waals surface area contributed by atoms with Gasteiger partial charge in [-0.3, -0.25) is 4.79 Å². The maximum Gasteiger partial charge on any atom is 0.327 e. The summed E-state index contributed by atoms with van der Waals surface area (Å²) < 4.78 is 0. The van der Waals surface area contributed by atoms with Crippen LogP contribution in [0.3, 0.4) is 0 Å². The molecule has 0 saturated heterocycles. The predicted molar refractivity (Wildman–Crippen MR) is 68.5 cm³/mol. The number of halogens is 1. The van der Waals surface area contributed by atoms with Crippen molar-refractivity contribution in [1.82, 2.24) is 5.32 Å². The van der Waals surface area contributed by atoms with Crippen LogP contribution < -0.4 is 5.32 Å². The first-order valence-corrected chi connectivity index (χ1v) is 5.96. The van der Waals surface area contributed by atoms with Crippen molar-refractivity contribution in [1.29, 1.82) is 0 Å². The minimum atomic E-state index is -1.13. The van der Waals surface area contributed by atoms with Crippen LogP contribution in [0.4, 0.5) is 0 Å². The van der Waals surface area contributed by atoms with Gasteiger partial charge in [0.1, 0.15) is 11.4 Å². The van der Waals surface area contributed by atoms with Gasteiger partial charge in [-0.2, -0.15) is 12.6 Å². The standard InChI is InChI=1S/C11H12ClNO3S/c12-9(7-4-2-1-3-5-7)10(14)13-8(6-17)11(15)16/h1-5,8-9,17H,6H2,(H,13,14)(H,15,16)/t8-,9?/m0/s1. The second-order valence-corrected chi connectivity index (χ2v) is 4.16. The molecule has 17 heavy (non-hydrogen) atoms. The van der Waals surface area contributed by atoms with Crippen molar-refractivity contribution in [2.75, 3.05) is 5.75 Å². The molecular weight excluding hydrogens is 262 g/mol. The number of hydrogen-bond acceptors (Lipinski definition) is 3. The van der Waals surface area contributed by atoms with Crippen molar-refractivity contribution in [3.8, 4) is 0 Å². The third-order valence-corrected chi connectivity index (χ3v) is 2.93. The Hall–Kier alpha value is -1.20. The van der Waals surface area contributed by atoms with E-state index in [4.69, 9.17) is 16.7 Å². The van der Waals surface area contributed by atoms with E-state index in [1.54, 1.807) is 30.3 Å². The fraction of sp³-hybridized carbons (Fsp3) is 0.273. The van der Waals surface area contributed by atoms with Gasteiger partial charge in [-0.15, -0.1) is 11.6 Å². The first-order chi connectivity index (χ1) is 8.06.